The van der Waals surface area contributed by atoms with Gasteiger partial charge < -0.3 is 15.0 Å². The van der Waals surface area contributed by atoms with Crippen molar-refractivity contribution in [3.05, 3.63) is 72.6 Å². The van der Waals surface area contributed by atoms with Gasteiger partial charge in [0.05, 0.1) is 12.8 Å². The molecule has 0 atom stereocenters. The predicted molar refractivity (Wildman–Crippen MR) is 110 cm³/mol. The Bertz CT molecular complexity index is 970. The molecule has 0 spiro atoms. The van der Waals surface area contributed by atoms with Crippen LogP contribution in [0.2, 0.25) is 0 Å². The summed E-state index contributed by atoms with van der Waals surface area (Å²) in [7, 11) is 5.51. The molecule has 0 aliphatic carbocycles. The van der Waals surface area contributed by atoms with E-state index in [-0.39, 0.29) is 5.91 Å². The molecule has 3 aromatic rings. The molecule has 7 heteroatoms. The highest BCUT2D eigenvalue weighted by Crippen LogP contribution is 2.32. The lowest BCUT2D eigenvalue weighted by atomic mass is 10.2. The Morgan fingerprint density at radius 1 is 1.04 bits per heavy atom. The summed E-state index contributed by atoms with van der Waals surface area (Å²) < 4.78 is 5.38. The molecule has 1 aromatic heterocycles. The van der Waals surface area contributed by atoms with E-state index in [4.69, 9.17) is 4.74 Å². The van der Waals surface area contributed by atoms with E-state index in [1.54, 1.807) is 49.7 Å². The Labute approximate surface area is 163 Å². The highest BCUT2D eigenvalue weighted by atomic mass is 16.5. The van der Waals surface area contributed by atoms with E-state index in [1.165, 1.54) is 0 Å². The van der Waals surface area contributed by atoms with Gasteiger partial charge in [-0.15, -0.1) is 5.11 Å². The van der Waals surface area contributed by atoms with Gasteiger partial charge in [-0.05, 0) is 48.5 Å². The van der Waals surface area contributed by atoms with Crippen LogP contribution in [-0.2, 0) is 0 Å². The maximum absolute atomic E-state index is 12.2. The molecule has 0 fully saturated rings. The Morgan fingerprint density at radius 2 is 1.82 bits per heavy atom. The Balaban J connectivity index is 1.75. The number of azo groups is 1. The fourth-order valence-electron chi connectivity index (χ4n) is 2.46. The molecule has 0 bridgehead atoms. The molecule has 1 heterocycles. The summed E-state index contributed by atoms with van der Waals surface area (Å²) in [4.78, 5) is 18.3. The molecule has 1 N–H and O–H groups in total. The van der Waals surface area contributed by atoms with E-state index in [0.717, 1.165) is 11.4 Å². The van der Waals surface area contributed by atoms with Crippen molar-refractivity contribution in [3.63, 3.8) is 0 Å². The number of nitrogens with zero attached hydrogens (tertiary/aromatic N) is 4. The fraction of sp³-hybridized carbons (Fsp3) is 0.143. The minimum Gasteiger partial charge on any atom is -0.494 e. The van der Waals surface area contributed by atoms with E-state index < -0.39 is 0 Å². The largest absolute Gasteiger partial charge is 0.494 e. The third-order valence-corrected chi connectivity index (χ3v) is 3.97. The van der Waals surface area contributed by atoms with Crippen LogP contribution in [0.3, 0.4) is 0 Å². The normalized spacial score (nSPS) is 10.7. The molecule has 0 radical (unpaired) electrons. The van der Waals surface area contributed by atoms with Gasteiger partial charge in [0.1, 0.15) is 17.1 Å². The number of methoxy groups -OCH3 is 1. The zero-order valence-electron chi connectivity index (χ0n) is 16.0. The van der Waals surface area contributed by atoms with Crippen molar-refractivity contribution in [2.75, 3.05) is 31.4 Å². The average molecular weight is 375 g/mol. The molecule has 0 saturated carbocycles. The number of amides is 1. The minimum atomic E-state index is -0.294. The zero-order chi connectivity index (χ0) is 19.9. The first-order chi connectivity index (χ1) is 13.6. The lowest BCUT2D eigenvalue weighted by Gasteiger charge is -2.11. The van der Waals surface area contributed by atoms with Gasteiger partial charge in [-0.1, -0.05) is 6.07 Å². The quantitative estimate of drug-likeness (QED) is 0.626. The Kier molecular flexibility index (Phi) is 5.96. The van der Waals surface area contributed by atoms with Crippen molar-refractivity contribution < 1.29 is 9.53 Å². The van der Waals surface area contributed by atoms with E-state index in [0.29, 0.717) is 22.8 Å². The number of benzene rings is 2. The maximum Gasteiger partial charge on any atom is 0.274 e. The molecule has 0 aliphatic heterocycles. The molecular weight excluding hydrogens is 354 g/mol. The van der Waals surface area contributed by atoms with Gasteiger partial charge in [-0.2, -0.15) is 5.11 Å². The first-order valence-corrected chi connectivity index (χ1v) is 8.66. The van der Waals surface area contributed by atoms with Crippen LogP contribution in [0.1, 0.15) is 10.5 Å². The van der Waals surface area contributed by atoms with Crippen LogP contribution in [0, 0.1) is 0 Å². The summed E-state index contributed by atoms with van der Waals surface area (Å²) in [5.74, 6) is 0.213. The monoisotopic (exact) mass is 375 g/mol. The second-order valence-electron chi connectivity index (χ2n) is 6.17. The second-order valence-corrected chi connectivity index (χ2v) is 6.17. The SMILES string of the molecule is COc1cc(NC(=O)c2ccccn2)ccc1N=Nc1ccc(N(C)C)cc1. The molecule has 142 valence electrons. The topological polar surface area (TPSA) is 79.2 Å². The van der Waals surface area contributed by atoms with Crippen LogP contribution in [0.15, 0.2) is 77.1 Å². The van der Waals surface area contributed by atoms with Crippen LogP contribution >= 0.6 is 0 Å². The average Bonchev–Trinajstić information content (AvgIpc) is 2.73. The van der Waals surface area contributed by atoms with E-state index in [9.17, 15) is 4.79 Å². The smallest absolute Gasteiger partial charge is 0.274 e. The maximum atomic E-state index is 12.2. The van der Waals surface area contributed by atoms with Gasteiger partial charge in [-0.25, -0.2) is 0 Å². The molecule has 1 amide bonds. The number of nitrogens with one attached hydrogen (secondary N) is 1. The summed E-state index contributed by atoms with van der Waals surface area (Å²) in [5, 5.41) is 11.3. The third kappa shape index (κ3) is 4.70. The zero-order valence-corrected chi connectivity index (χ0v) is 16.0. The van der Waals surface area contributed by atoms with E-state index >= 15 is 0 Å². The molecule has 2 aromatic carbocycles. The van der Waals surface area contributed by atoms with Gasteiger partial charge in [0, 0.05) is 37.7 Å². The third-order valence-electron chi connectivity index (χ3n) is 3.97. The van der Waals surface area contributed by atoms with Crippen LogP contribution < -0.4 is 15.0 Å². The summed E-state index contributed by atoms with van der Waals surface area (Å²) in [6, 6.07) is 18.1. The van der Waals surface area contributed by atoms with E-state index in [1.807, 2.05) is 43.3 Å². The van der Waals surface area contributed by atoms with Gasteiger partial charge in [0.25, 0.3) is 5.91 Å². The number of aromatic nitrogens is 1. The molecule has 28 heavy (non-hydrogen) atoms. The minimum absolute atomic E-state index is 0.294. The lowest BCUT2D eigenvalue weighted by Crippen LogP contribution is -2.13. The molecule has 0 saturated heterocycles. The second kappa shape index (κ2) is 8.77. The summed E-state index contributed by atoms with van der Waals surface area (Å²) in [6.07, 6.45) is 1.57. The number of hydrogen-bond donors (Lipinski definition) is 1. The first kappa shape index (κ1) is 19.0. The number of rotatable bonds is 6. The van der Waals surface area contributed by atoms with Gasteiger partial charge >= 0.3 is 0 Å². The predicted octanol–water partition coefficient (Wildman–Crippen LogP) is 4.82. The van der Waals surface area contributed by atoms with Crippen molar-refractivity contribution in [1.29, 1.82) is 0 Å². The number of ether oxygens (including phenoxy) is 1. The highest BCUT2D eigenvalue weighted by molar-refractivity contribution is 6.03. The summed E-state index contributed by atoms with van der Waals surface area (Å²) >= 11 is 0. The van der Waals surface area contributed by atoms with Crippen molar-refractivity contribution in [1.82, 2.24) is 4.98 Å². The van der Waals surface area contributed by atoms with Gasteiger partial charge in [0.2, 0.25) is 0 Å². The van der Waals surface area contributed by atoms with Crippen molar-refractivity contribution >= 4 is 28.7 Å². The summed E-state index contributed by atoms with van der Waals surface area (Å²) in [6.45, 7) is 0. The fourth-order valence-corrected chi connectivity index (χ4v) is 2.46. The van der Waals surface area contributed by atoms with Gasteiger partial charge in [-0.3, -0.25) is 9.78 Å². The summed E-state index contributed by atoms with van der Waals surface area (Å²) in [5.41, 5.74) is 3.31. The number of anilines is 2. The Morgan fingerprint density at radius 3 is 2.46 bits per heavy atom. The van der Waals surface area contributed by atoms with Crippen LogP contribution in [0.5, 0.6) is 5.75 Å². The number of carbonyl (C=O) groups excluding carboxylic acids is 1. The van der Waals surface area contributed by atoms with E-state index in [2.05, 4.69) is 20.5 Å². The number of hydrogen-bond acceptors (Lipinski definition) is 6. The van der Waals surface area contributed by atoms with Crippen LogP contribution in [-0.4, -0.2) is 32.1 Å². The molecule has 3 rings (SSSR count). The molecule has 0 unspecified atom stereocenters. The van der Waals surface area contributed by atoms with Gasteiger partial charge in [0.15, 0.2) is 0 Å². The lowest BCUT2D eigenvalue weighted by molar-refractivity contribution is 0.102. The standard InChI is InChI=1S/C21H21N5O2/c1-26(2)17-10-7-15(8-11-17)24-25-18-12-9-16(14-20(18)28-3)23-21(27)19-6-4-5-13-22-19/h4-14H,1-3H3,(H,23,27). The molecule has 0 aliphatic rings. The van der Waals surface area contributed by atoms with Crippen LogP contribution in [0.4, 0.5) is 22.7 Å². The number of carbonyl (C=O) groups is 1. The van der Waals surface area contributed by atoms with Crippen molar-refractivity contribution in [3.8, 4) is 5.75 Å². The Hall–Kier alpha value is -3.74. The van der Waals surface area contributed by atoms with Crippen molar-refractivity contribution in [2.45, 2.75) is 0 Å². The van der Waals surface area contributed by atoms with Crippen molar-refractivity contribution in [2.24, 2.45) is 10.2 Å². The molecular formula is C21H21N5O2. The van der Waals surface area contributed by atoms with Crippen LogP contribution in [0.25, 0.3) is 0 Å². The highest BCUT2D eigenvalue weighted by Gasteiger charge is 2.09. The number of pyridine rings is 1. The first-order valence-electron chi connectivity index (χ1n) is 8.66. The molecule has 7 nitrogen and oxygen atoms in total.